The Hall–Kier alpha value is 0.628. The second-order valence-corrected chi connectivity index (χ2v) is 25.8. The fourth-order valence-corrected chi connectivity index (χ4v) is 24.2. The van der Waals surface area contributed by atoms with Crippen LogP contribution in [0, 0.1) is 0 Å². The van der Waals surface area contributed by atoms with E-state index in [4.69, 9.17) is 22.1 Å². The lowest BCUT2D eigenvalue weighted by Gasteiger charge is -2.49. The summed E-state index contributed by atoms with van der Waals surface area (Å²) >= 11 is 0. The largest absolute Gasteiger partial charge is 0.505 e. The lowest BCUT2D eigenvalue weighted by atomic mass is 10.9. The number of hydrogen-bond donors (Lipinski definition) is 0. The van der Waals surface area contributed by atoms with Crippen LogP contribution in [0.15, 0.2) is 0 Å². The molecule has 6 nitrogen and oxygen atoms in total. The molecular weight excluding hydrogens is 375 g/mol. The molecular formula is C14H39NO5Si4. The maximum absolute atomic E-state index is 6.10. The predicted molar refractivity (Wildman–Crippen MR) is 109 cm³/mol. The topological polar surface area (TPSA) is 49.4 Å². The van der Waals surface area contributed by atoms with E-state index in [1.165, 1.54) is 0 Å². The minimum atomic E-state index is -2.87. The molecule has 1 unspecified atom stereocenters. The van der Waals surface area contributed by atoms with Gasteiger partial charge >= 0.3 is 17.4 Å². The summed E-state index contributed by atoms with van der Waals surface area (Å²) in [4.78, 5) is 0. The van der Waals surface area contributed by atoms with Crippen LogP contribution in [0.3, 0.4) is 0 Å². The first-order chi connectivity index (χ1) is 10.8. The molecule has 0 heterocycles. The van der Waals surface area contributed by atoms with E-state index >= 15 is 0 Å². The van der Waals surface area contributed by atoms with Gasteiger partial charge in [-0.3, -0.25) is 0 Å². The van der Waals surface area contributed by atoms with Gasteiger partial charge in [-0.2, -0.15) is 0 Å². The van der Waals surface area contributed by atoms with Crippen molar-refractivity contribution >= 4 is 33.8 Å². The summed E-state index contributed by atoms with van der Waals surface area (Å²) in [6.07, 6.45) is 0.817. The number of hydrogen-bond acceptors (Lipinski definition) is 6. The van der Waals surface area contributed by atoms with Gasteiger partial charge in [-0.05, 0) is 0 Å². The fraction of sp³-hybridized carbons (Fsp3) is 1.00. The average Bonchev–Trinajstić information content (AvgIpc) is 2.48. The Kier molecular flexibility index (Phi) is 9.25. The van der Waals surface area contributed by atoms with Gasteiger partial charge in [0.2, 0.25) is 0 Å². The van der Waals surface area contributed by atoms with Crippen LogP contribution in [0.2, 0.25) is 44.4 Å². The molecule has 10 heteroatoms. The Morgan fingerprint density at radius 1 is 0.667 bits per heavy atom. The van der Waals surface area contributed by atoms with Crippen molar-refractivity contribution in [1.29, 1.82) is 0 Å². The van der Waals surface area contributed by atoms with Gasteiger partial charge in [-0.1, -0.05) is 46.2 Å². The third-order valence-electron chi connectivity index (χ3n) is 4.73. The Balaban J connectivity index is 5.99. The molecule has 0 aromatic rings. The molecule has 0 aromatic carbocycles. The number of rotatable bonds is 11. The van der Waals surface area contributed by atoms with E-state index in [1.807, 2.05) is 0 Å². The van der Waals surface area contributed by atoms with Crippen LogP contribution >= 0.6 is 0 Å². The molecule has 0 aliphatic heterocycles. The lowest BCUT2D eigenvalue weighted by molar-refractivity contribution is 0.110. The van der Waals surface area contributed by atoms with E-state index in [0.717, 1.165) is 6.17 Å². The SMILES string of the molecule is CO[Si](CN([Si](C)(C)C)[Si](C)(C)C)(OC)C(C)[Si](OC)(OC)OC. The second kappa shape index (κ2) is 9.02. The van der Waals surface area contributed by atoms with Gasteiger partial charge in [0.15, 0.2) is 0 Å². The van der Waals surface area contributed by atoms with Crippen LogP contribution in [0.25, 0.3) is 0 Å². The fourth-order valence-electron chi connectivity index (χ4n) is 3.45. The minimum Gasteiger partial charge on any atom is -0.397 e. The molecule has 0 radical (unpaired) electrons. The Bertz CT molecular complexity index is 356. The summed E-state index contributed by atoms with van der Waals surface area (Å²) < 4.78 is 32.1. The third-order valence-corrected chi connectivity index (χ3v) is 21.6. The number of nitrogens with zero attached hydrogens (tertiary/aromatic N) is 1. The smallest absolute Gasteiger partial charge is 0.397 e. The summed E-state index contributed by atoms with van der Waals surface area (Å²) in [5.41, 5.74) is 0. The molecule has 0 saturated heterocycles. The highest BCUT2D eigenvalue weighted by atomic mass is 28.4. The van der Waals surface area contributed by atoms with E-state index in [1.54, 1.807) is 35.5 Å². The van der Waals surface area contributed by atoms with Crippen molar-refractivity contribution in [3.63, 3.8) is 0 Å². The first-order valence-corrected chi connectivity index (χ1v) is 19.1. The molecule has 24 heavy (non-hydrogen) atoms. The second-order valence-electron chi connectivity index (χ2n) is 8.09. The van der Waals surface area contributed by atoms with E-state index in [9.17, 15) is 0 Å². The molecule has 146 valence electrons. The van der Waals surface area contributed by atoms with Crippen LogP contribution in [0.4, 0.5) is 0 Å². The van der Waals surface area contributed by atoms with Crippen LogP contribution in [0.5, 0.6) is 0 Å². The van der Waals surface area contributed by atoms with Crippen LogP contribution in [0.1, 0.15) is 6.92 Å². The van der Waals surface area contributed by atoms with Crippen molar-refractivity contribution in [3.05, 3.63) is 0 Å². The molecule has 0 N–H and O–H groups in total. The van der Waals surface area contributed by atoms with Gasteiger partial charge in [0.25, 0.3) is 0 Å². The van der Waals surface area contributed by atoms with Gasteiger partial charge in [-0.25, -0.2) is 0 Å². The highest BCUT2D eigenvalue weighted by Crippen LogP contribution is 2.36. The Morgan fingerprint density at radius 2 is 1.00 bits per heavy atom. The molecule has 0 spiro atoms. The van der Waals surface area contributed by atoms with Crippen LogP contribution in [-0.4, -0.2) is 79.8 Å². The molecule has 0 rings (SSSR count). The van der Waals surface area contributed by atoms with Crippen LogP contribution < -0.4 is 0 Å². The maximum atomic E-state index is 6.10. The monoisotopic (exact) mass is 413 g/mol. The molecule has 0 amide bonds. The van der Waals surface area contributed by atoms with Crippen molar-refractivity contribution in [2.75, 3.05) is 41.7 Å². The molecule has 0 aromatic heterocycles. The quantitative estimate of drug-likeness (QED) is 0.485. The summed E-state index contributed by atoms with van der Waals surface area (Å²) in [5.74, 6) is 0. The zero-order valence-electron chi connectivity index (χ0n) is 17.8. The van der Waals surface area contributed by atoms with Crippen molar-refractivity contribution in [3.8, 4) is 0 Å². The van der Waals surface area contributed by atoms with Crippen molar-refractivity contribution in [1.82, 2.24) is 4.23 Å². The summed E-state index contributed by atoms with van der Waals surface area (Å²) in [5, 5.41) is -0.0461. The minimum absolute atomic E-state index is 0.0461. The maximum Gasteiger partial charge on any atom is 0.505 e. The van der Waals surface area contributed by atoms with Crippen molar-refractivity contribution in [2.45, 2.75) is 51.4 Å². The first kappa shape index (κ1) is 24.6. The molecule has 0 aliphatic rings. The highest BCUT2D eigenvalue weighted by Gasteiger charge is 2.61. The Labute approximate surface area is 153 Å². The predicted octanol–water partition coefficient (Wildman–Crippen LogP) is 3.04. The average molecular weight is 414 g/mol. The van der Waals surface area contributed by atoms with Gasteiger partial charge in [0.05, 0.1) is 5.16 Å². The van der Waals surface area contributed by atoms with Gasteiger partial charge < -0.3 is 26.4 Å². The summed E-state index contributed by atoms with van der Waals surface area (Å²) in [6, 6.07) is 0. The Morgan fingerprint density at radius 3 is 1.21 bits per heavy atom. The van der Waals surface area contributed by atoms with E-state index in [2.05, 4.69) is 50.4 Å². The standard InChI is InChI=1S/C14H39NO5Si4/c1-14(24(18-4,19-5)20-6)23(16-2,17-3)13-15(21(7,8)9)22(10,11)12/h14H,13H2,1-12H3. The molecule has 0 fully saturated rings. The molecule has 0 saturated carbocycles. The zero-order valence-corrected chi connectivity index (χ0v) is 21.8. The van der Waals surface area contributed by atoms with Gasteiger partial charge in [0.1, 0.15) is 16.5 Å². The normalized spacial score (nSPS) is 15.9. The molecule has 0 aliphatic carbocycles. The van der Waals surface area contributed by atoms with E-state index in [0.29, 0.717) is 0 Å². The van der Waals surface area contributed by atoms with Gasteiger partial charge in [0, 0.05) is 41.7 Å². The van der Waals surface area contributed by atoms with E-state index in [-0.39, 0.29) is 5.16 Å². The summed E-state index contributed by atoms with van der Waals surface area (Å²) in [7, 11) is -0.146. The summed E-state index contributed by atoms with van der Waals surface area (Å²) in [6.45, 7) is 16.4. The third kappa shape index (κ3) is 5.31. The van der Waals surface area contributed by atoms with Crippen molar-refractivity contribution < 1.29 is 22.1 Å². The van der Waals surface area contributed by atoms with Gasteiger partial charge in [-0.15, -0.1) is 0 Å². The first-order valence-electron chi connectivity index (χ1n) is 8.33. The van der Waals surface area contributed by atoms with Crippen LogP contribution in [-0.2, 0) is 22.1 Å². The zero-order chi connectivity index (χ0) is 19.4. The molecule has 0 bridgehead atoms. The van der Waals surface area contributed by atoms with E-state index < -0.39 is 33.8 Å². The van der Waals surface area contributed by atoms with Crippen molar-refractivity contribution in [2.24, 2.45) is 0 Å². The highest BCUT2D eigenvalue weighted by molar-refractivity contribution is 6.92. The molecule has 1 atom stereocenters. The lowest BCUT2D eigenvalue weighted by Crippen LogP contribution is -2.70.